The minimum Gasteiger partial charge on any atom is -0.462 e. The maximum atomic E-state index is 13.2. The van der Waals surface area contributed by atoms with Crippen molar-refractivity contribution in [3.63, 3.8) is 0 Å². The fraction of sp³-hybridized carbons (Fsp3) is 0.891. The summed E-state index contributed by atoms with van der Waals surface area (Å²) < 4.78 is 5.94. The molecule has 61 heavy (non-hydrogen) atoms. The van der Waals surface area contributed by atoms with E-state index in [0.717, 1.165) is 64.2 Å². The van der Waals surface area contributed by atoms with Gasteiger partial charge in [-0.3, -0.25) is 9.59 Å². The van der Waals surface area contributed by atoms with Crippen molar-refractivity contribution < 1.29 is 24.5 Å². The number of unbranched alkanes of at least 4 members (excludes halogenated alkanes) is 33. The third-order valence-electron chi connectivity index (χ3n) is 12.5. The second kappa shape index (κ2) is 49.4. The number of esters is 1. The smallest absolute Gasteiger partial charge is 0.306 e. The second-order valence-corrected chi connectivity index (χ2v) is 18.6. The van der Waals surface area contributed by atoms with Gasteiger partial charge in [0.1, 0.15) is 6.10 Å². The highest BCUT2D eigenvalue weighted by Crippen LogP contribution is 2.18. The Morgan fingerprint density at radius 1 is 0.475 bits per heavy atom. The molecule has 1 amide bonds. The summed E-state index contributed by atoms with van der Waals surface area (Å²) in [6.45, 7) is 6.48. The summed E-state index contributed by atoms with van der Waals surface area (Å²) >= 11 is 0. The molecule has 0 aliphatic heterocycles. The zero-order valence-electron chi connectivity index (χ0n) is 41.1. The maximum absolute atomic E-state index is 13.2. The van der Waals surface area contributed by atoms with Gasteiger partial charge in [0.2, 0.25) is 5.91 Å². The molecule has 0 rings (SSSR count). The van der Waals surface area contributed by atoms with Gasteiger partial charge in [-0.25, -0.2) is 0 Å². The molecule has 0 saturated carbocycles. The van der Waals surface area contributed by atoms with Gasteiger partial charge in [-0.15, -0.1) is 0 Å². The van der Waals surface area contributed by atoms with Crippen molar-refractivity contribution in [1.82, 2.24) is 5.32 Å². The third kappa shape index (κ3) is 44.7. The number of carbonyl (C=O) groups excluding carboxylic acids is 2. The number of carbonyl (C=O) groups is 2. The predicted molar refractivity (Wildman–Crippen MR) is 264 cm³/mol. The van der Waals surface area contributed by atoms with Crippen LogP contribution in [0.1, 0.15) is 290 Å². The summed E-state index contributed by atoms with van der Waals surface area (Å²) in [5.41, 5.74) is 0. The van der Waals surface area contributed by atoms with E-state index in [1.54, 1.807) is 0 Å². The second-order valence-electron chi connectivity index (χ2n) is 18.6. The van der Waals surface area contributed by atoms with Gasteiger partial charge in [-0.2, -0.15) is 0 Å². The summed E-state index contributed by atoms with van der Waals surface area (Å²) in [4.78, 5) is 26.2. The molecule has 6 heteroatoms. The van der Waals surface area contributed by atoms with Crippen molar-refractivity contribution in [1.29, 1.82) is 0 Å². The van der Waals surface area contributed by atoms with Gasteiger partial charge in [0.25, 0.3) is 0 Å². The van der Waals surface area contributed by atoms with Crippen molar-refractivity contribution in [2.75, 3.05) is 6.61 Å². The SMILES string of the molecule is CCCCC/C=C\C/C=C\CCCCCCCC(CC(=O)NC(CO)C(O)CCCCCCCCCCCCCC)OC(=O)CCCCCCCCCCCCCCCCC. The summed E-state index contributed by atoms with van der Waals surface area (Å²) in [6.07, 6.45) is 56.6. The van der Waals surface area contributed by atoms with Gasteiger partial charge in [0.15, 0.2) is 0 Å². The molecule has 0 aromatic carbocycles. The average Bonchev–Trinajstić information content (AvgIpc) is 3.25. The van der Waals surface area contributed by atoms with Crippen LogP contribution in [0.4, 0.5) is 0 Å². The van der Waals surface area contributed by atoms with Gasteiger partial charge in [0.05, 0.1) is 25.2 Å². The van der Waals surface area contributed by atoms with Gasteiger partial charge < -0.3 is 20.3 Å². The van der Waals surface area contributed by atoms with Crippen LogP contribution in [0, 0.1) is 0 Å². The lowest BCUT2D eigenvalue weighted by Crippen LogP contribution is -2.46. The first-order valence-corrected chi connectivity index (χ1v) is 27.1. The maximum Gasteiger partial charge on any atom is 0.306 e. The zero-order chi connectivity index (χ0) is 44.5. The fourth-order valence-electron chi connectivity index (χ4n) is 8.40. The van der Waals surface area contributed by atoms with Crippen LogP contribution in [0.2, 0.25) is 0 Å². The molecule has 360 valence electrons. The molecular formula is C55H105NO5. The molecule has 0 saturated heterocycles. The van der Waals surface area contributed by atoms with Crippen molar-refractivity contribution in [2.24, 2.45) is 0 Å². The third-order valence-corrected chi connectivity index (χ3v) is 12.5. The molecule has 6 nitrogen and oxygen atoms in total. The van der Waals surface area contributed by atoms with Crippen molar-refractivity contribution in [2.45, 2.75) is 309 Å². The first kappa shape index (κ1) is 59.3. The monoisotopic (exact) mass is 860 g/mol. The first-order chi connectivity index (χ1) is 30.0. The number of ether oxygens (including phenoxy) is 1. The van der Waals surface area contributed by atoms with Crippen LogP contribution in [0.25, 0.3) is 0 Å². The summed E-state index contributed by atoms with van der Waals surface area (Å²) in [6, 6.07) is -0.701. The van der Waals surface area contributed by atoms with E-state index in [0.29, 0.717) is 19.3 Å². The summed E-state index contributed by atoms with van der Waals surface area (Å²) in [5.74, 6) is -0.471. The van der Waals surface area contributed by atoms with Crippen LogP contribution in [0.3, 0.4) is 0 Å². The largest absolute Gasteiger partial charge is 0.462 e. The number of rotatable bonds is 49. The number of hydrogen-bond donors (Lipinski definition) is 3. The van der Waals surface area contributed by atoms with E-state index in [2.05, 4.69) is 50.4 Å². The zero-order valence-corrected chi connectivity index (χ0v) is 41.1. The van der Waals surface area contributed by atoms with Crippen LogP contribution < -0.4 is 5.32 Å². The van der Waals surface area contributed by atoms with Crippen LogP contribution >= 0.6 is 0 Å². The highest BCUT2D eigenvalue weighted by Gasteiger charge is 2.24. The Balaban J connectivity index is 4.57. The molecule has 0 aromatic rings. The lowest BCUT2D eigenvalue weighted by atomic mass is 10.0. The Bertz CT molecular complexity index is 966. The van der Waals surface area contributed by atoms with Gasteiger partial charge in [0, 0.05) is 6.42 Å². The van der Waals surface area contributed by atoms with Crippen LogP contribution in [0.5, 0.6) is 0 Å². The molecular weight excluding hydrogens is 755 g/mol. The van der Waals surface area contributed by atoms with Gasteiger partial charge in [-0.05, 0) is 57.8 Å². The van der Waals surface area contributed by atoms with E-state index in [4.69, 9.17) is 4.74 Å². The number of nitrogens with one attached hydrogen (secondary N) is 1. The molecule has 0 bridgehead atoms. The van der Waals surface area contributed by atoms with E-state index >= 15 is 0 Å². The predicted octanol–water partition coefficient (Wildman–Crippen LogP) is 16.3. The highest BCUT2D eigenvalue weighted by molar-refractivity contribution is 5.77. The minimum atomic E-state index is -0.787. The lowest BCUT2D eigenvalue weighted by Gasteiger charge is -2.24. The molecule has 3 N–H and O–H groups in total. The summed E-state index contributed by atoms with van der Waals surface area (Å²) in [7, 11) is 0. The number of amides is 1. The molecule has 0 fully saturated rings. The topological polar surface area (TPSA) is 95.9 Å². The molecule has 0 radical (unpaired) electrons. The molecule has 0 spiro atoms. The Morgan fingerprint density at radius 2 is 0.836 bits per heavy atom. The Hall–Kier alpha value is -1.66. The normalized spacial score (nSPS) is 13.3. The van der Waals surface area contributed by atoms with Crippen molar-refractivity contribution >= 4 is 11.9 Å². The number of allylic oxidation sites excluding steroid dienone is 4. The van der Waals surface area contributed by atoms with E-state index < -0.39 is 18.2 Å². The Morgan fingerprint density at radius 3 is 1.28 bits per heavy atom. The lowest BCUT2D eigenvalue weighted by molar-refractivity contribution is -0.151. The van der Waals surface area contributed by atoms with E-state index in [1.807, 2.05) is 0 Å². The van der Waals surface area contributed by atoms with Crippen molar-refractivity contribution in [3.05, 3.63) is 24.3 Å². The van der Waals surface area contributed by atoms with Crippen molar-refractivity contribution in [3.8, 4) is 0 Å². The highest BCUT2D eigenvalue weighted by atomic mass is 16.5. The first-order valence-electron chi connectivity index (χ1n) is 27.1. The standard InChI is InChI=1S/C55H105NO5/c1-4-7-10-13-16-19-22-25-27-29-31-34-37-40-43-46-51(61-55(60)48-45-42-39-36-33-30-28-26-23-20-17-14-11-8-5-2)49-54(59)56-52(50-57)53(58)47-44-41-38-35-32-24-21-18-15-12-9-6-3/h16,19,25,27,51-53,57-58H,4-15,17-18,20-24,26,28-50H2,1-3H3,(H,56,59)/b19-16-,27-25-. The number of hydrogen-bond acceptors (Lipinski definition) is 5. The van der Waals surface area contributed by atoms with Crippen LogP contribution in [-0.2, 0) is 14.3 Å². The number of aliphatic hydroxyl groups is 2. The fourth-order valence-corrected chi connectivity index (χ4v) is 8.40. The van der Waals surface area contributed by atoms with Crippen LogP contribution in [0.15, 0.2) is 24.3 Å². The van der Waals surface area contributed by atoms with Gasteiger partial charge >= 0.3 is 5.97 Å². The molecule has 3 unspecified atom stereocenters. The molecule has 0 heterocycles. The quantitative estimate of drug-likeness (QED) is 0.0322. The Kier molecular flexibility index (Phi) is 48.0. The number of aliphatic hydroxyl groups excluding tert-OH is 2. The molecule has 0 aliphatic carbocycles. The van der Waals surface area contributed by atoms with E-state index in [9.17, 15) is 19.8 Å². The van der Waals surface area contributed by atoms with E-state index in [1.165, 1.54) is 180 Å². The van der Waals surface area contributed by atoms with E-state index in [-0.39, 0.29) is 24.9 Å². The molecule has 0 aliphatic rings. The average molecular weight is 860 g/mol. The molecule has 0 aromatic heterocycles. The van der Waals surface area contributed by atoms with Gasteiger partial charge in [-0.1, -0.05) is 244 Å². The Labute approximate surface area is 380 Å². The van der Waals surface area contributed by atoms with Crippen LogP contribution in [-0.4, -0.2) is 46.9 Å². The molecule has 3 atom stereocenters. The minimum absolute atomic E-state index is 0.0737. The summed E-state index contributed by atoms with van der Waals surface area (Å²) in [5, 5.41) is 23.8.